The number of nitrogens with zero attached hydrogens (tertiary/aromatic N) is 2. The minimum atomic E-state index is -1.02. The van der Waals surface area contributed by atoms with Gasteiger partial charge in [0.25, 0.3) is 0 Å². The van der Waals surface area contributed by atoms with Gasteiger partial charge in [0.1, 0.15) is 0 Å². The fourth-order valence-corrected chi connectivity index (χ4v) is 2.86. The third-order valence-electron chi connectivity index (χ3n) is 2.57. The van der Waals surface area contributed by atoms with E-state index in [4.69, 9.17) is 5.11 Å². The lowest BCUT2D eigenvalue weighted by Gasteiger charge is -2.07. The van der Waals surface area contributed by atoms with Crippen molar-refractivity contribution in [2.45, 2.75) is 24.7 Å². The van der Waals surface area contributed by atoms with Crippen LogP contribution in [0.1, 0.15) is 30.3 Å². The zero-order valence-electron chi connectivity index (χ0n) is 10.1. The van der Waals surface area contributed by atoms with E-state index in [2.05, 4.69) is 17.1 Å². The molecule has 0 aliphatic carbocycles. The monoisotopic (exact) mass is 262 g/mol. The number of fused-ring (bicyclic) bond motifs is 1. The molecule has 2 rings (SSSR count). The molecule has 18 heavy (non-hydrogen) atoms. The Kier molecular flexibility index (Phi) is 4.15. The highest BCUT2D eigenvalue weighted by atomic mass is 32.2. The number of aromatic carboxylic acids is 1. The largest absolute Gasteiger partial charge is 0.476 e. The van der Waals surface area contributed by atoms with Crippen molar-refractivity contribution in [3.63, 3.8) is 0 Å². The summed E-state index contributed by atoms with van der Waals surface area (Å²) in [5, 5.41) is 17.8. The molecule has 0 unspecified atom stereocenters. The van der Waals surface area contributed by atoms with Crippen molar-refractivity contribution in [2.75, 3.05) is 5.75 Å². The number of hydrogen-bond acceptors (Lipinski definition) is 4. The molecule has 4 nitrogen and oxygen atoms in total. The summed E-state index contributed by atoms with van der Waals surface area (Å²) in [6.07, 6.45) is 2.15. The van der Waals surface area contributed by atoms with E-state index in [1.165, 1.54) is 0 Å². The maximum atomic E-state index is 11.2. The van der Waals surface area contributed by atoms with Crippen molar-refractivity contribution in [1.82, 2.24) is 10.2 Å². The lowest BCUT2D eigenvalue weighted by Crippen LogP contribution is -2.05. The summed E-state index contributed by atoms with van der Waals surface area (Å²) < 4.78 is 0. The minimum Gasteiger partial charge on any atom is -0.476 e. The molecule has 5 heteroatoms. The van der Waals surface area contributed by atoms with Crippen LogP contribution in [-0.2, 0) is 0 Å². The highest BCUT2D eigenvalue weighted by molar-refractivity contribution is 7.99. The number of rotatable bonds is 5. The average Bonchev–Trinajstić information content (AvgIpc) is 2.38. The SMILES string of the molecule is CCCCSc1c(C(=O)O)nnc2ccccc12. The highest BCUT2D eigenvalue weighted by Crippen LogP contribution is 2.29. The zero-order chi connectivity index (χ0) is 13.0. The van der Waals surface area contributed by atoms with E-state index in [1.54, 1.807) is 11.8 Å². The second-order valence-electron chi connectivity index (χ2n) is 3.90. The Morgan fingerprint density at radius 1 is 1.33 bits per heavy atom. The van der Waals surface area contributed by atoms with Gasteiger partial charge in [0.2, 0.25) is 0 Å². The molecule has 0 aliphatic rings. The Morgan fingerprint density at radius 2 is 2.11 bits per heavy atom. The molecule has 0 spiro atoms. The molecule has 0 bridgehead atoms. The van der Waals surface area contributed by atoms with Crippen LogP contribution >= 0.6 is 11.8 Å². The standard InChI is InChI=1S/C13H14N2O2S/c1-2-3-8-18-12-9-6-4-5-7-10(9)14-15-11(12)13(16)17/h4-7H,2-3,8H2,1H3,(H,16,17). The van der Waals surface area contributed by atoms with Gasteiger partial charge in [-0.05, 0) is 18.2 Å². The highest BCUT2D eigenvalue weighted by Gasteiger charge is 2.16. The van der Waals surface area contributed by atoms with Crippen LogP contribution in [0.2, 0.25) is 0 Å². The summed E-state index contributed by atoms with van der Waals surface area (Å²) in [5.41, 5.74) is 0.788. The third kappa shape index (κ3) is 2.61. The van der Waals surface area contributed by atoms with Crippen LogP contribution in [0, 0.1) is 0 Å². The number of carboxylic acids is 1. The second-order valence-corrected chi connectivity index (χ2v) is 5.01. The van der Waals surface area contributed by atoms with Crippen LogP contribution in [0.5, 0.6) is 0 Å². The molecule has 0 atom stereocenters. The Hall–Kier alpha value is -1.62. The summed E-state index contributed by atoms with van der Waals surface area (Å²) in [6, 6.07) is 7.50. The van der Waals surface area contributed by atoms with E-state index in [1.807, 2.05) is 24.3 Å². The lowest BCUT2D eigenvalue weighted by atomic mass is 10.2. The first kappa shape index (κ1) is 12.8. The van der Waals surface area contributed by atoms with Crippen molar-refractivity contribution >= 4 is 28.6 Å². The number of hydrogen-bond donors (Lipinski definition) is 1. The van der Waals surface area contributed by atoms with Crippen LogP contribution in [0.25, 0.3) is 10.9 Å². The number of carboxylic acid groups (broad SMARTS) is 1. The number of unbranched alkanes of at least 4 members (excludes halogenated alkanes) is 1. The van der Waals surface area contributed by atoms with E-state index in [0.29, 0.717) is 0 Å². The van der Waals surface area contributed by atoms with Crippen molar-refractivity contribution < 1.29 is 9.90 Å². The fourth-order valence-electron chi connectivity index (χ4n) is 1.63. The number of carbonyl (C=O) groups is 1. The molecule has 0 saturated carbocycles. The molecular weight excluding hydrogens is 248 g/mol. The van der Waals surface area contributed by atoms with Crippen LogP contribution in [0.4, 0.5) is 0 Å². The summed E-state index contributed by atoms with van der Waals surface area (Å²) in [5.74, 6) is -0.126. The fraction of sp³-hybridized carbons (Fsp3) is 0.308. The van der Waals surface area contributed by atoms with Crippen LogP contribution in [-0.4, -0.2) is 27.0 Å². The van der Waals surface area contributed by atoms with Crippen LogP contribution in [0.3, 0.4) is 0 Å². The van der Waals surface area contributed by atoms with E-state index < -0.39 is 5.97 Å². The van der Waals surface area contributed by atoms with Gasteiger partial charge < -0.3 is 5.11 Å². The molecule has 0 amide bonds. The van der Waals surface area contributed by atoms with Gasteiger partial charge in [-0.15, -0.1) is 22.0 Å². The van der Waals surface area contributed by atoms with Crippen LogP contribution < -0.4 is 0 Å². The summed E-state index contributed by atoms with van der Waals surface area (Å²) in [7, 11) is 0. The zero-order valence-corrected chi connectivity index (χ0v) is 10.9. The molecule has 1 N–H and O–H groups in total. The first-order valence-corrected chi connectivity index (χ1v) is 6.84. The Balaban J connectivity index is 2.48. The van der Waals surface area contributed by atoms with Gasteiger partial charge in [-0.25, -0.2) is 4.79 Å². The Bertz CT molecular complexity index is 572. The quantitative estimate of drug-likeness (QED) is 0.662. The van der Waals surface area contributed by atoms with E-state index in [-0.39, 0.29) is 5.69 Å². The Labute approximate surface area is 109 Å². The normalized spacial score (nSPS) is 10.7. The van der Waals surface area contributed by atoms with Gasteiger partial charge in [-0.2, -0.15) is 0 Å². The molecule has 1 aromatic carbocycles. The Morgan fingerprint density at radius 3 is 2.83 bits per heavy atom. The second kappa shape index (κ2) is 5.82. The summed E-state index contributed by atoms with van der Waals surface area (Å²) in [6.45, 7) is 2.11. The van der Waals surface area contributed by atoms with Crippen molar-refractivity contribution in [1.29, 1.82) is 0 Å². The molecule has 0 aliphatic heterocycles. The maximum absolute atomic E-state index is 11.2. The number of thioether (sulfide) groups is 1. The number of benzene rings is 1. The van der Waals surface area contributed by atoms with Gasteiger partial charge in [-0.3, -0.25) is 0 Å². The van der Waals surface area contributed by atoms with Crippen LogP contribution in [0.15, 0.2) is 29.2 Å². The summed E-state index contributed by atoms with van der Waals surface area (Å²) in [4.78, 5) is 11.9. The molecule has 0 fully saturated rings. The molecule has 2 aromatic rings. The smallest absolute Gasteiger partial charge is 0.357 e. The van der Waals surface area contributed by atoms with Gasteiger partial charge in [-0.1, -0.05) is 31.5 Å². The maximum Gasteiger partial charge on any atom is 0.357 e. The van der Waals surface area contributed by atoms with E-state index in [9.17, 15) is 4.79 Å². The van der Waals surface area contributed by atoms with Crippen molar-refractivity contribution in [3.8, 4) is 0 Å². The van der Waals surface area contributed by atoms with Crippen molar-refractivity contribution in [2.24, 2.45) is 0 Å². The predicted octanol–water partition coefficient (Wildman–Crippen LogP) is 3.22. The molecule has 94 valence electrons. The van der Waals surface area contributed by atoms with Gasteiger partial charge in [0.15, 0.2) is 5.69 Å². The van der Waals surface area contributed by atoms with Gasteiger partial charge >= 0.3 is 5.97 Å². The predicted molar refractivity (Wildman–Crippen MR) is 72.1 cm³/mol. The van der Waals surface area contributed by atoms with E-state index >= 15 is 0 Å². The lowest BCUT2D eigenvalue weighted by molar-refractivity contribution is 0.0685. The van der Waals surface area contributed by atoms with E-state index in [0.717, 1.165) is 34.4 Å². The molecule has 1 aromatic heterocycles. The van der Waals surface area contributed by atoms with Gasteiger partial charge in [0.05, 0.1) is 10.4 Å². The number of aromatic nitrogens is 2. The molecule has 0 saturated heterocycles. The first-order chi connectivity index (χ1) is 8.74. The van der Waals surface area contributed by atoms with Gasteiger partial charge in [0, 0.05) is 5.39 Å². The first-order valence-electron chi connectivity index (χ1n) is 5.85. The summed E-state index contributed by atoms with van der Waals surface area (Å²) >= 11 is 1.55. The topological polar surface area (TPSA) is 63.1 Å². The van der Waals surface area contributed by atoms with Crippen molar-refractivity contribution in [3.05, 3.63) is 30.0 Å². The molecule has 0 radical (unpaired) electrons. The third-order valence-corrected chi connectivity index (χ3v) is 3.76. The average molecular weight is 262 g/mol. The molecule has 1 heterocycles. The minimum absolute atomic E-state index is 0.0507. The molecular formula is C13H14N2O2S.